The summed E-state index contributed by atoms with van der Waals surface area (Å²) in [6.45, 7) is 0. The smallest absolute Gasteiger partial charge is 0.240 e. The van der Waals surface area contributed by atoms with Crippen LogP contribution in [0.15, 0.2) is 97.2 Å². The minimum Gasteiger partial charge on any atom is -0.324 e. The Kier molecular flexibility index (Phi) is 4.69. The van der Waals surface area contributed by atoms with Crippen molar-refractivity contribution in [2.75, 3.05) is 10.2 Å². The van der Waals surface area contributed by atoms with Gasteiger partial charge in [-0.2, -0.15) is 4.98 Å². The molecule has 4 aromatic rings. The lowest BCUT2D eigenvalue weighted by Crippen LogP contribution is -2.37. The number of benzene rings is 3. The van der Waals surface area contributed by atoms with E-state index in [1.807, 2.05) is 97.2 Å². The summed E-state index contributed by atoms with van der Waals surface area (Å²) < 4.78 is 0. The summed E-state index contributed by atoms with van der Waals surface area (Å²) >= 11 is 0. The Morgan fingerprint density at radius 1 is 0.833 bits per heavy atom. The molecule has 2 heterocycles. The molecule has 5 heteroatoms. The first kappa shape index (κ1) is 18.1. The highest BCUT2D eigenvalue weighted by atomic mass is 16.2. The number of nitrogens with zero attached hydrogens (tertiary/aromatic N) is 3. The SMILES string of the molecule is O=C1C(c2ccccc2)Cc2cnc(Nc3ccccc3)nc2N1c1ccccc1. The summed E-state index contributed by atoms with van der Waals surface area (Å²) in [5.74, 6) is 0.846. The van der Waals surface area contributed by atoms with E-state index in [1.165, 1.54) is 0 Å². The predicted molar refractivity (Wildman–Crippen MR) is 118 cm³/mol. The number of rotatable bonds is 4. The van der Waals surface area contributed by atoms with Crippen LogP contribution in [0.5, 0.6) is 0 Å². The second kappa shape index (κ2) is 7.79. The second-order valence-corrected chi connectivity index (χ2v) is 7.21. The fourth-order valence-corrected chi connectivity index (χ4v) is 3.79. The number of carbonyl (C=O) groups excluding carboxylic acids is 1. The van der Waals surface area contributed by atoms with Crippen LogP contribution in [0.4, 0.5) is 23.1 Å². The quantitative estimate of drug-likeness (QED) is 0.517. The van der Waals surface area contributed by atoms with Crippen LogP contribution in [0.1, 0.15) is 17.0 Å². The average molecular weight is 392 g/mol. The first-order chi connectivity index (χ1) is 14.8. The van der Waals surface area contributed by atoms with Crippen molar-refractivity contribution in [2.45, 2.75) is 12.3 Å². The highest BCUT2D eigenvalue weighted by Crippen LogP contribution is 2.39. The van der Waals surface area contributed by atoms with Gasteiger partial charge in [0, 0.05) is 17.4 Å². The molecule has 0 fully saturated rings. The van der Waals surface area contributed by atoms with Gasteiger partial charge in [0.25, 0.3) is 0 Å². The van der Waals surface area contributed by atoms with Crippen LogP contribution in [0.3, 0.4) is 0 Å². The fraction of sp³-hybridized carbons (Fsp3) is 0.0800. The average Bonchev–Trinajstić information content (AvgIpc) is 2.80. The molecule has 30 heavy (non-hydrogen) atoms. The van der Waals surface area contributed by atoms with Gasteiger partial charge in [-0.1, -0.05) is 66.7 Å². The van der Waals surface area contributed by atoms with E-state index in [4.69, 9.17) is 4.98 Å². The van der Waals surface area contributed by atoms with Crippen LogP contribution in [0.2, 0.25) is 0 Å². The van der Waals surface area contributed by atoms with Gasteiger partial charge in [-0.05, 0) is 36.2 Å². The van der Waals surface area contributed by atoms with E-state index in [9.17, 15) is 4.79 Å². The van der Waals surface area contributed by atoms with Crippen molar-refractivity contribution in [3.63, 3.8) is 0 Å². The molecule has 1 aromatic heterocycles. The molecule has 1 amide bonds. The Morgan fingerprint density at radius 3 is 2.17 bits per heavy atom. The molecule has 0 radical (unpaired) electrons. The molecule has 0 bridgehead atoms. The summed E-state index contributed by atoms with van der Waals surface area (Å²) in [6, 6.07) is 29.3. The van der Waals surface area contributed by atoms with E-state index in [-0.39, 0.29) is 11.8 Å². The summed E-state index contributed by atoms with van der Waals surface area (Å²) in [4.78, 5) is 24.6. The van der Waals surface area contributed by atoms with Gasteiger partial charge in [0.2, 0.25) is 11.9 Å². The zero-order valence-corrected chi connectivity index (χ0v) is 16.3. The molecule has 5 rings (SSSR count). The molecule has 1 aliphatic rings. The number of nitrogens with one attached hydrogen (secondary N) is 1. The molecule has 146 valence electrons. The van der Waals surface area contributed by atoms with E-state index in [2.05, 4.69) is 10.3 Å². The van der Waals surface area contributed by atoms with Crippen molar-refractivity contribution in [1.29, 1.82) is 0 Å². The number of anilines is 4. The van der Waals surface area contributed by atoms with Crippen molar-refractivity contribution < 1.29 is 4.79 Å². The Labute approximate surface area is 175 Å². The van der Waals surface area contributed by atoms with Crippen molar-refractivity contribution in [3.05, 3.63) is 108 Å². The molecular formula is C25H20N4O. The van der Waals surface area contributed by atoms with E-state index >= 15 is 0 Å². The molecule has 1 atom stereocenters. The molecule has 0 aliphatic carbocycles. The maximum atomic E-state index is 13.6. The Balaban J connectivity index is 1.59. The summed E-state index contributed by atoms with van der Waals surface area (Å²) in [5.41, 5.74) is 3.65. The number of amides is 1. The molecule has 1 aliphatic heterocycles. The largest absolute Gasteiger partial charge is 0.324 e. The van der Waals surface area contributed by atoms with E-state index in [0.29, 0.717) is 18.2 Å². The third kappa shape index (κ3) is 3.42. The van der Waals surface area contributed by atoms with Gasteiger partial charge < -0.3 is 5.32 Å². The maximum absolute atomic E-state index is 13.6. The highest BCUT2D eigenvalue weighted by Gasteiger charge is 2.36. The van der Waals surface area contributed by atoms with Gasteiger partial charge in [0.05, 0.1) is 11.6 Å². The normalized spacial score (nSPS) is 15.5. The van der Waals surface area contributed by atoms with E-state index in [0.717, 1.165) is 22.5 Å². The summed E-state index contributed by atoms with van der Waals surface area (Å²) in [5, 5.41) is 3.22. The molecule has 0 saturated carbocycles. The van der Waals surface area contributed by atoms with Crippen molar-refractivity contribution >= 4 is 29.0 Å². The second-order valence-electron chi connectivity index (χ2n) is 7.21. The number of para-hydroxylation sites is 2. The third-order valence-electron chi connectivity index (χ3n) is 5.24. The minimum atomic E-state index is -0.268. The van der Waals surface area contributed by atoms with Gasteiger partial charge in [0.15, 0.2) is 0 Å². The van der Waals surface area contributed by atoms with E-state index < -0.39 is 0 Å². The molecule has 5 nitrogen and oxygen atoms in total. The zero-order valence-electron chi connectivity index (χ0n) is 16.3. The Morgan fingerprint density at radius 2 is 1.47 bits per heavy atom. The van der Waals surface area contributed by atoms with Crippen molar-refractivity contribution in [1.82, 2.24) is 9.97 Å². The van der Waals surface area contributed by atoms with Crippen LogP contribution in [-0.2, 0) is 11.2 Å². The first-order valence-electron chi connectivity index (χ1n) is 9.91. The lowest BCUT2D eigenvalue weighted by molar-refractivity contribution is -0.119. The number of fused-ring (bicyclic) bond motifs is 1. The van der Waals surface area contributed by atoms with Gasteiger partial charge in [-0.3, -0.25) is 9.69 Å². The summed E-state index contributed by atoms with van der Waals surface area (Å²) in [7, 11) is 0. The topological polar surface area (TPSA) is 58.1 Å². The molecule has 1 N–H and O–H groups in total. The standard InChI is InChI=1S/C25H20N4O/c30-24-22(18-10-4-1-5-11-18)16-19-17-26-25(27-20-12-6-2-7-13-20)28-23(19)29(24)21-14-8-3-9-15-21/h1-15,17,22H,16H2,(H,26,27,28). The lowest BCUT2D eigenvalue weighted by Gasteiger charge is -2.33. The van der Waals surface area contributed by atoms with Gasteiger partial charge in [-0.25, -0.2) is 4.98 Å². The van der Waals surface area contributed by atoms with E-state index in [1.54, 1.807) is 4.90 Å². The summed E-state index contributed by atoms with van der Waals surface area (Å²) in [6.07, 6.45) is 2.40. The molecule has 0 spiro atoms. The Hall–Kier alpha value is -3.99. The van der Waals surface area contributed by atoms with Crippen molar-refractivity contribution in [2.24, 2.45) is 0 Å². The first-order valence-corrected chi connectivity index (χ1v) is 9.91. The van der Waals surface area contributed by atoms with Crippen LogP contribution in [-0.4, -0.2) is 15.9 Å². The monoisotopic (exact) mass is 392 g/mol. The van der Waals surface area contributed by atoms with Crippen LogP contribution >= 0.6 is 0 Å². The number of aromatic nitrogens is 2. The zero-order chi connectivity index (χ0) is 20.3. The maximum Gasteiger partial charge on any atom is 0.240 e. The van der Waals surface area contributed by atoms with Gasteiger partial charge in [0.1, 0.15) is 5.82 Å². The predicted octanol–water partition coefficient (Wildman–Crippen LogP) is 5.22. The van der Waals surface area contributed by atoms with Crippen molar-refractivity contribution in [3.8, 4) is 0 Å². The number of carbonyl (C=O) groups is 1. The highest BCUT2D eigenvalue weighted by molar-refractivity contribution is 6.06. The number of hydrogen-bond donors (Lipinski definition) is 1. The molecule has 3 aromatic carbocycles. The third-order valence-corrected chi connectivity index (χ3v) is 5.24. The molecular weight excluding hydrogens is 372 g/mol. The Bertz CT molecular complexity index is 1160. The van der Waals surface area contributed by atoms with Crippen LogP contribution in [0.25, 0.3) is 0 Å². The fourth-order valence-electron chi connectivity index (χ4n) is 3.79. The van der Waals surface area contributed by atoms with Crippen LogP contribution in [0, 0.1) is 0 Å². The van der Waals surface area contributed by atoms with Gasteiger partial charge >= 0.3 is 0 Å². The number of hydrogen-bond acceptors (Lipinski definition) is 4. The minimum absolute atomic E-state index is 0.0178. The van der Waals surface area contributed by atoms with Gasteiger partial charge in [-0.15, -0.1) is 0 Å². The van der Waals surface area contributed by atoms with Crippen LogP contribution < -0.4 is 10.2 Å². The lowest BCUT2D eigenvalue weighted by atomic mass is 9.88. The molecule has 1 unspecified atom stereocenters. The molecule has 0 saturated heterocycles.